The predicted octanol–water partition coefficient (Wildman–Crippen LogP) is 2.34. The number of aryl methyl sites for hydroxylation is 1. The largest absolute Gasteiger partial charge is 0.495 e. The van der Waals surface area contributed by atoms with Gasteiger partial charge < -0.3 is 25.4 Å². The highest BCUT2D eigenvalue weighted by molar-refractivity contribution is 7.22. The van der Waals surface area contributed by atoms with E-state index in [-0.39, 0.29) is 23.0 Å². The molecule has 4 heterocycles. The molecule has 3 aromatic heterocycles. The fraction of sp³-hybridized carbons (Fsp3) is 0.304. The lowest BCUT2D eigenvalue weighted by Gasteiger charge is -2.27. The SMILES string of the molecule is COC(=O)c1c(-c2cc3cc(C)cc(OC)c3s2)c2c(N)ncnn2c1C(=O)N1CCNCC1. The van der Waals surface area contributed by atoms with Gasteiger partial charge in [-0.1, -0.05) is 6.07 Å². The lowest BCUT2D eigenvalue weighted by Crippen LogP contribution is -2.47. The number of hydrogen-bond donors (Lipinski definition) is 2. The van der Waals surface area contributed by atoms with Gasteiger partial charge in [-0.3, -0.25) is 4.79 Å². The lowest BCUT2D eigenvalue weighted by atomic mass is 10.1. The van der Waals surface area contributed by atoms with E-state index in [4.69, 9.17) is 15.2 Å². The van der Waals surface area contributed by atoms with Gasteiger partial charge in [0.05, 0.1) is 18.9 Å². The first-order chi connectivity index (χ1) is 16.4. The second kappa shape index (κ2) is 8.58. The number of benzene rings is 1. The van der Waals surface area contributed by atoms with Crippen LogP contribution >= 0.6 is 11.3 Å². The van der Waals surface area contributed by atoms with Crippen molar-refractivity contribution in [2.45, 2.75) is 6.92 Å². The highest BCUT2D eigenvalue weighted by atomic mass is 32.1. The van der Waals surface area contributed by atoms with Crippen LogP contribution in [0.15, 0.2) is 24.5 Å². The number of hydrogen-bond acceptors (Lipinski definition) is 9. The number of piperazine rings is 1. The smallest absolute Gasteiger partial charge is 0.341 e. The monoisotopic (exact) mass is 480 g/mol. The first kappa shape index (κ1) is 22.1. The predicted molar refractivity (Wildman–Crippen MR) is 130 cm³/mol. The first-order valence-corrected chi connectivity index (χ1v) is 11.6. The van der Waals surface area contributed by atoms with Crippen LogP contribution < -0.4 is 15.8 Å². The maximum absolute atomic E-state index is 13.7. The standard InChI is InChI=1S/C23H24N6O4S/c1-12-8-13-10-15(34-20(13)14(9-12)32-2)16-17(23(31)33-3)19(22(30)28-6-4-25-5-7-28)29-18(16)21(24)26-11-27-29/h8-11,25H,4-7H2,1-3H3,(H2,24,26,27). The van der Waals surface area contributed by atoms with Gasteiger partial charge in [0.25, 0.3) is 5.91 Å². The van der Waals surface area contributed by atoms with Gasteiger partial charge >= 0.3 is 5.97 Å². The second-order valence-electron chi connectivity index (χ2n) is 8.03. The number of nitrogens with zero attached hydrogens (tertiary/aromatic N) is 4. The highest BCUT2D eigenvalue weighted by Gasteiger charge is 2.35. The molecule has 0 saturated carbocycles. The quantitative estimate of drug-likeness (QED) is 0.427. The van der Waals surface area contributed by atoms with Gasteiger partial charge in [-0.15, -0.1) is 11.3 Å². The van der Waals surface area contributed by atoms with Crippen molar-refractivity contribution < 1.29 is 19.1 Å². The summed E-state index contributed by atoms with van der Waals surface area (Å²) in [6, 6.07) is 5.96. The van der Waals surface area contributed by atoms with E-state index < -0.39 is 5.97 Å². The zero-order chi connectivity index (χ0) is 24.0. The van der Waals surface area contributed by atoms with Crippen LogP contribution in [0.5, 0.6) is 5.75 Å². The third-order valence-corrected chi connectivity index (χ3v) is 7.13. The molecule has 0 bridgehead atoms. The Morgan fingerprint density at radius 2 is 1.94 bits per heavy atom. The summed E-state index contributed by atoms with van der Waals surface area (Å²) in [5.74, 6) is -0.0550. The van der Waals surface area contributed by atoms with E-state index in [9.17, 15) is 9.59 Å². The van der Waals surface area contributed by atoms with Crippen LogP contribution in [0, 0.1) is 6.92 Å². The molecule has 0 unspecified atom stereocenters. The molecule has 176 valence electrons. The van der Waals surface area contributed by atoms with E-state index in [1.165, 1.54) is 29.3 Å². The van der Waals surface area contributed by atoms with Crippen molar-refractivity contribution >= 4 is 44.6 Å². The Morgan fingerprint density at radius 1 is 1.18 bits per heavy atom. The van der Waals surface area contributed by atoms with Gasteiger partial charge in [0, 0.05) is 36.6 Å². The van der Waals surface area contributed by atoms with Gasteiger partial charge in [0.15, 0.2) is 5.82 Å². The Balaban J connectivity index is 1.84. The molecule has 11 heteroatoms. The number of amides is 1. The zero-order valence-electron chi connectivity index (χ0n) is 19.0. The van der Waals surface area contributed by atoms with E-state index >= 15 is 0 Å². The van der Waals surface area contributed by atoms with E-state index in [0.29, 0.717) is 37.3 Å². The Labute approximate surface area is 199 Å². The summed E-state index contributed by atoms with van der Waals surface area (Å²) in [6.07, 6.45) is 1.28. The Hall–Kier alpha value is -3.70. The third-order valence-electron chi connectivity index (χ3n) is 5.94. The maximum atomic E-state index is 13.7. The van der Waals surface area contributed by atoms with Crippen LogP contribution in [-0.4, -0.2) is 71.8 Å². The van der Waals surface area contributed by atoms with Crippen molar-refractivity contribution in [1.29, 1.82) is 0 Å². The number of fused-ring (bicyclic) bond motifs is 2. The Morgan fingerprint density at radius 3 is 2.65 bits per heavy atom. The third kappa shape index (κ3) is 3.44. The van der Waals surface area contributed by atoms with Gasteiger partial charge in [-0.25, -0.2) is 14.3 Å². The van der Waals surface area contributed by atoms with Crippen molar-refractivity contribution in [1.82, 2.24) is 24.8 Å². The molecule has 1 aromatic carbocycles. The molecule has 0 radical (unpaired) electrons. The van der Waals surface area contributed by atoms with E-state index in [0.717, 1.165) is 26.3 Å². The number of nitrogens with two attached hydrogens (primary N) is 1. The number of methoxy groups -OCH3 is 2. The minimum atomic E-state index is -0.640. The van der Waals surface area contributed by atoms with Crippen LogP contribution in [0.2, 0.25) is 0 Å². The molecule has 3 N–H and O–H groups in total. The van der Waals surface area contributed by atoms with Gasteiger partial charge in [-0.2, -0.15) is 5.10 Å². The summed E-state index contributed by atoms with van der Waals surface area (Å²) >= 11 is 1.44. The molecule has 5 rings (SSSR count). The summed E-state index contributed by atoms with van der Waals surface area (Å²) in [5, 5.41) is 8.50. The van der Waals surface area contributed by atoms with E-state index in [2.05, 4.69) is 15.4 Å². The number of nitrogens with one attached hydrogen (secondary N) is 1. The number of nitrogen functional groups attached to an aromatic ring is 1. The van der Waals surface area contributed by atoms with E-state index in [1.54, 1.807) is 12.0 Å². The van der Waals surface area contributed by atoms with Crippen LogP contribution in [0.25, 0.3) is 26.0 Å². The molecule has 1 saturated heterocycles. The Kier molecular flexibility index (Phi) is 5.58. The van der Waals surface area contributed by atoms with Gasteiger partial charge in [0.1, 0.15) is 28.9 Å². The van der Waals surface area contributed by atoms with Crippen LogP contribution in [-0.2, 0) is 4.74 Å². The molecule has 10 nitrogen and oxygen atoms in total. The number of anilines is 1. The van der Waals surface area contributed by atoms with Crippen molar-refractivity contribution in [2.24, 2.45) is 0 Å². The molecule has 1 aliphatic rings. The topological polar surface area (TPSA) is 124 Å². The summed E-state index contributed by atoms with van der Waals surface area (Å²) in [5.41, 5.74) is 8.45. The molecule has 0 spiro atoms. The van der Waals surface area contributed by atoms with Gasteiger partial charge in [0.2, 0.25) is 0 Å². The average molecular weight is 481 g/mol. The van der Waals surface area contributed by atoms with Crippen LogP contribution in [0.1, 0.15) is 26.4 Å². The second-order valence-corrected chi connectivity index (χ2v) is 9.09. The average Bonchev–Trinajstić information content (AvgIpc) is 3.42. The minimum absolute atomic E-state index is 0.119. The molecule has 1 amide bonds. The van der Waals surface area contributed by atoms with Crippen molar-refractivity contribution in [3.05, 3.63) is 41.3 Å². The van der Waals surface area contributed by atoms with Crippen molar-refractivity contribution in [2.75, 3.05) is 46.1 Å². The summed E-state index contributed by atoms with van der Waals surface area (Å²) in [6.45, 7) is 4.36. The summed E-state index contributed by atoms with van der Waals surface area (Å²) in [7, 11) is 2.91. The molecular weight excluding hydrogens is 456 g/mol. The number of carbonyl (C=O) groups excluding carboxylic acids is 2. The molecule has 34 heavy (non-hydrogen) atoms. The molecule has 4 aromatic rings. The van der Waals surface area contributed by atoms with Crippen molar-refractivity contribution in [3.63, 3.8) is 0 Å². The van der Waals surface area contributed by atoms with Crippen LogP contribution in [0.4, 0.5) is 5.82 Å². The normalized spacial score (nSPS) is 14.0. The van der Waals surface area contributed by atoms with E-state index in [1.807, 2.05) is 25.1 Å². The molecule has 1 fully saturated rings. The Bertz CT molecular complexity index is 1440. The summed E-state index contributed by atoms with van der Waals surface area (Å²) in [4.78, 5) is 33.4. The zero-order valence-corrected chi connectivity index (χ0v) is 19.9. The molecular formula is C23H24N6O4S. The number of thiophene rings is 1. The minimum Gasteiger partial charge on any atom is -0.495 e. The van der Waals surface area contributed by atoms with Crippen LogP contribution in [0.3, 0.4) is 0 Å². The van der Waals surface area contributed by atoms with Crippen molar-refractivity contribution in [3.8, 4) is 16.2 Å². The molecule has 1 aliphatic heterocycles. The molecule has 0 atom stereocenters. The fourth-order valence-electron chi connectivity index (χ4n) is 4.41. The maximum Gasteiger partial charge on any atom is 0.341 e. The highest BCUT2D eigenvalue weighted by Crippen LogP contribution is 2.44. The summed E-state index contributed by atoms with van der Waals surface area (Å²) < 4.78 is 13.1. The lowest BCUT2D eigenvalue weighted by molar-refractivity contribution is 0.0588. The first-order valence-electron chi connectivity index (χ1n) is 10.8. The number of aromatic nitrogens is 3. The van der Waals surface area contributed by atoms with Gasteiger partial charge in [-0.05, 0) is 30.0 Å². The molecule has 0 aliphatic carbocycles. The number of esters is 1. The number of carbonyl (C=O) groups is 2. The fourth-order valence-corrected chi connectivity index (χ4v) is 5.59. The number of rotatable bonds is 4. The number of ether oxygens (including phenoxy) is 2.